The van der Waals surface area contributed by atoms with Gasteiger partial charge in [0.2, 0.25) is 11.8 Å². The molecule has 1 heterocycles. The predicted molar refractivity (Wildman–Crippen MR) is 251 cm³/mol. The Balaban J connectivity index is 0.00000403. The average Bonchev–Trinajstić information content (AvgIpc) is 3.28. The molecule has 9 nitrogen and oxygen atoms in total. The second-order valence-corrected chi connectivity index (χ2v) is 15.9. The molecule has 0 aliphatic carbocycles. The minimum Gasteiger partial charge on any atom is -0.370 e. The van der Waals surface area contributed by atoms with Crippen molar-refractivity contribution in [3.8, 4) is 0 Å². The third-order valence-electron chi connectivity index (χ3n) is 10.8. The predicted octanol–water partition coefficient (Wildman–Crippen LogP) is 8.87. The summed E-state index contributed by atoms with van der Waals surface area (Å²) < 4.78 is 11.5. The van der Waals surface area contributed by atoms with Gasteiger partial charge >= 0.3 is 0 Å². The topological polar surface area (TPSA) is 86.4 Å². The first-order valence-corrected chi connectivity index (χ1v) is 22.7. The van der Waals surface area contributed by atoms with Crippen LogP contribution >= 0.6 is 11.6 Å². The van der Waals surface area contributed by atoms with E-state index in [0.29, 0.717) is 19.1 Å². The number of amides is 2. The van der Waals surface area contributed by atoms with Crippen molar-refractivity contribution in [2.24, 2.45) is 0 Å². The lowest BCUT2D eigenvalue weighted by atomic mass is 9.87. The lowest BCUT2D eigenvalue weighted by molar-refractivity contribution is -0.126. The van der Waals surface area contributed by atoms with Gasteiger partial charge in [-0.2, -0.15) is 0 Å². The molecular formula is C51H70ClN5O4. The van der Waals surface area contributed by atoms with Crippen LogP contribution in [-0.2, 0) is 19.1 Å². The maximum absolute atomic E-state index is 12.5. The standard InChI is InChI=1S/C49H64ClN5O4.C2H6/c1-4-27-53(28-11-16-46(41-12-7-5-8-13-41)42-19-17-39(2)18-20-42)33-35-58-37-47(56)51-26-25-40(3)52-48(57)38-59-36-34-54-29-31-55(32-30-54)49(43-14-9-6-10-15-43)44-21-23-45(50)24-22-44;1-2/h5-10,12-15,17-26,40,46,49H,4,11,16,27-38H2,1-3H3,(H,51,56)(H,52,57);1-2H3/b26-25+;. The maximum atomic E-state index is 12.5. The molecule has 5 rings (SSSR count). The quantitative estimate of drug-likeness (QED) is 0.0682. The number of rotatable bonds is 24. The Kier molecular flexibility index (Phi) is 22.9. The van der Waals surface area contributed by atoms with E-state index < -0.39 is 0 Å². The Bertz CT molecular complexity index is 1820. The van der Waals surface area contributed by atoms with Crippen molar-refractivity contribution in [3.05, 3.63) is 154 Å². The van der Waals surface area contributed by atoms with Crippen molar-refractivity contribution in [1.29, 1.82) is 0 Å². The van der Waals surface area contributed by atoms with Crippen molar-refractivity contribution in [2.45, 2.75) is 71.9 Å². The molecule has 1 aliphatic heterocycles. The SMILES string of the molecule is CC.CCCN(CCCC(c1ccccc1)c1ccc(C)cc1)CCOCC(=O)N/C=C/C(C)NC(=O)COCCN1CCN(C(c2ccccc2)c2ccc(Cl)cc2)CC1. The molecule has 0 aromatic heterocycles. The van der Waals surface area contributed by atoms with Crippen LogP contribution in [0.2, 0.25) is 5.02 Å². The second-order valence-electron chi connectivity index (χ2n) is 15.5. The molecule has 0 radical (unpaired) electrons. The molecule has 1 fully saturated rings. The molecule has 4 aromatic carbocycles. The smallest absolute Gasteiger partial charge is 0.249 e. The number of benzene rings is 4. The van der Waals surface area contributed by atoms with E-state index in [1.165, 1.54) is 27.8 Å². The van der Waals surface area contributed by atoms with Crippen molar-refractivity contribution in [3.63, 3.8) is 0 Å². The Morgan fingerprint density at radius 2 is 1.31 bits per heavy atom. The number of piperazine rings is 1. The van der Waals surface area contributed by atoms with Gasteiger partial charge in [0.25, 0.3) is 0 Å². The van der Waals surface area contributed by atoms with Crippen LogP contribution in [0.5, 0.6) is 0 Å². The third-order valence-corrected chi connectivity index (χ3v) is 11.1. The van der Waals surface area contributed by atoms with Crippen LogP contribution in [0.25, 0.3) is 0 Å². The summed E-state index contributed by atoms with van der Waals surface area (Å²) in [6.45, 7) is 18.3. The highest BCUT2D eigenvalue weighted by molar-refractivity contribution is 6.30. The van der Waals surface area contributed by atoms with Gasteiger partial charge in [-0.25, -0.2) is 0 Å². The summed E-state index contributed by atoms with van der Waals surface area (Å²) >= 11 is 6.19. The molecule has 2 amide bonds. The summed E-state index contributed by atoms with van der Waals surface area (Å²) in [5.41, 5.74) is 6.49. The molecule has 0 spiro atoms. The fourth-order valence-electron chi connectivity index (χ4n) is 7.71. The first-order valence-electron chi connectivity index (χ1n) is 22.3. The number of nitrogens with zero attached hydrogens (tertiary/aromatic N) is 3. The van der Waals surface area contributed by atoms with Crippen LogP contribution < -0.4 is 10.6 Å². The highest BCUT2D eigenvalue weighted by Crippen LogP contribution is 2.31. The van der Waals surface area contributed by atoms with Crippen molar-refractivity contribution >= 4 is 23.4 Å². The van der Waals surface area contributed by atoms with E-state index >= 15 is 0 Å². The maximum Gasteiger partial charge on any atom is 0.249 e. The molecular weight excluding hydrogens is 782 g/mol. The van der Waals surface area contributed by atoms with E-state index in [1.807, 2.05) is 32.9 Å². The van der Waals surface area contributed by atoms with Gasteiger partial charge in [0.1, 0.15) is 13.2 Å². The lowest BCUT2D eigenvalue weighted by Crippen LogP contribution is -2.48. The minimum atomic E-state index is -0.270. The molecule has 61 heavy (non-hydrogen) atoms. The molecule has 10 heteroatoms. The highest BCUT2D eigenvalue weighted by atomic mass is 35.5. The normalized spacial score (nSPS) is 14.9. The number of ether oxygens (including phenoxy) is 2. The molecule has 1 saturated heterocycles. The molecule has 4 aromatic rings. The fourth-order valence-corrected chi connectivity index (χ4v) is 7.83. The minimum absolute atomic E-state index is 0.0135. The summed E-state index contributed by atoms with van der Waals surface area (Å²) in [5.74, 6) is -0.0595. The fraction of sp³-hybridized carbons (Fsp3) is 0.451. The molecule has 3 unspecified atom stereocenters. The zero-order valence-corrected chi connectivity index (χ0v) is 38.0. The van der Waals surface area contributed by atoms with Gasteiger partial charge in [-0.3, -0.25) is 19.4 Å². The van der Waals surface area contributed by atoms with Crippen LogP contribution in [0.3, 0.4) is 0 Å². The summed E-state index contributed by atoms with van der Waals surface area (Å²) in [6.07, 6.45) is 6.50. The van der Waals surface area contributed by atoms with Gasteiger partial charge in [0.15, 0.2) is 0 Å². The van der Waals surface area contributed by atoms with Gasteiger partial charge in [-0.05, 0) is 86.7 Å². The number of nitrogens with one attached hydrogen (secondary N) is 2. The van der Waals surface area contributed by atoms with Gasteiger partial charge < -0.3 is 25.0 Å². The van der Waals surface area contributed by atoms with E-state index in [9.17, 15) is 9.59 Å². The number of hydrogen-bond acceptors (Lipinski definition) is 7. The third kappa shape index (κ3) is 17.9. The lowest BCUT2D eigenvalue weighted by Gasteiger charge is -2.39. The summed E-state index contributed by atoms with van der Waals surface area (Å²) in [4.78, 5) is 32.3. The number of carbonyl (C=O) groups excluding carboxylic acids is 2. The largest absolute Gasteiger partial charge is 0.370 e. The second kappa shape index (κ2) is 28.3. The molecule has 0 bridgehead atoms. The molecule has 1 aliphatic rings. The van der Waals surface area contributed by atoms with Gasteiger partial charge in [0.05, 0.1) is 19.3 Å². The first-order chi connectivity index (χ1) is 29.8. The van der Waals surface area contributed by atoms with E-state index in [2.05, 4.69) is 136 Å². The zero-order chi connectivity index (χ0) is 43.7. The Morgan fingerprint density at radius 1 is 0.738 bits per heavy atom. The number of carbonyl (C=O) groups is 2. The first kappa shape index (κ1) is 49.3. The average molecular weight is 853 g/mol. The summed E-state index contributed by atoms with van der Waals surface area (Å²) in [5, 5.41) is 6.38. The van der Waals surface area contributed by atoms with Crippen molar-refractivity contribution in [1.82, 2.24) is 25.3 Å². The van der Waals surface area contributed by atoms with Crippen molar-refractivity contribution < 1.29 is 19.1 Å². The van der Waals surface area contributed by atoms with E-state index in [1.54, 1.807) is 12.3 Å². The van der Waals surface area contributed by atoms with Crippen LogP contribution in [0, 0.1) is 6.92 Å². The summed E-state index contributed by atoms with van der Waals surface area (Å²) in [7, 11) is 0. The Hall–Kier alpha value is -4.35. The number of aryl methyl sites for hydroxylation is 1. The van der Waals surface area contributed by atoms with Crippen LogP contribution in [0.15, 0.2) is 121 Å². The molecule has 3 atom stereocenters. The number of halogens is 1. The highest BCUT2D eigenvalue weighted by Gasteiger charge is 2.26. The monoisotopic (exact) mass is 852 g/mol. The van der Waals surface area contributed by atoms with Gasteiger partial charge in [0, 0.05) is 62.5 Å². The molecule has 330 valence electrons. The van der Waals surface area contributed by atoms with Crippen molar-refractivity contribution in [2.75, 3.05) is 78.8 Å². The van der Waals surface area contributed by atoms with E-state index in [0.717, 1.165) is 76.6 Å². The van der Waals surface area contributed by atoms with E-state index in [4.69, 9.17) is 21.1 Å². The van der Waals surface area contributed by atoms with Crippen LogP contribution in [-0.4, -0.2) is 111 Å². The van der Waals surface area contributed by atoms with Gasteiger partial charge in [-0.1, -0.05) is 135 Å². The Labute approximate surface area is 371 Å². The zero-order valence-electron chi connectivity index (χ0n) is 37.2. The van der Waals surface area contributed by atoms with E-state index in [-0.39, 0.29) is 37.1 Å². The molecule has 0 saturated carbocycles. The van der Waals surface area contributed by atoms with Gasteiger partial charge in [-0.15, -0.1) is 0 Å². The van der Waals surface area contributed by atoms with Crippen LogP contribution in [0.1, 0.15) is 86.7 Å². The Morgan fingerprint density at radius 3 is 1.97 bits per heavy atom. The van der Waals surface area contributed by atoms with Crippen LogP contribution in [0.4, 0.5) is 0 Å². The number of hydrogen-bond donors (Lipinski definition) is 2. The molecule has 2 N–H and O–H groups in total. The summed E-state index contributed by atoms with van der Waals surface area (Å²) in [6, 6.07) is 38.4.